The molecule has 1 N–H and O–H groups in total. The van der Waals surface area contributed by atoms with Gasteiger partial charge in [0.1, 0.15) is 5.82 Å². The van der Waals surface area contributed by atoms with E-state index in [2.05, 4.69) is 11.9 Å². The van der Waals surface area contributed by atoms with E-state index in [-0.39, 0.29) is 11.6 Å². The van der Waals surface area contributed by atoms with E-state index in [4.69, 9.17) is 5.11 Å². The zero-order valence-electron chi connectivity index (χ0n) is 13.1. The molecule has 118 valence electrons. The lowest BCUT2D eigenvalue weighted by Gasteiger charge is -2.24. The molecule has 1 aromatic carbocycles. The minimum absolute atomic E-state index is 0.0362. The van der Waals surface area contributed by atoms with Gasteiger partial charge >= 0.3 is 5.97 Å². The summed E-state index contributed by atoms with van der Waals surface area (Å²) in [7, 11) is 1.92. The van der Waals surface area contributed by atoms with Gasteiger partial charge in [0.2, 0.25) is 0 Å². The summed E-state index contributed by atoms with van der Waals surface area (Å²) in [5, 5.41) is 9.89. The van der Waals surface area contributed by atoms with Crippen molar-refractivity contribution in [2.45, 2.75) is 33.4 Å². The second-order valence-electron chi connectivity index (χ2n) is 5.38. The number of thiazole rings is 1. The van der Waals surface area contributed by atoms with Crippen LogP contribution < -0.4 is 0 Å². The zero-order valence-corrected chi connectivity index (χ0v) is 13.9. The van der Waals surface area contributed by atoms with Gasteiger partial charge in [-0.1, -0.05) is 6.07 Å². The van der Waals surface area contributed by atoms with E-state index < -0.39 is 11.8 Å². The number of nitrogens with zero attached hydrogens (tertiary/aromatic N) is 2. The first-order valence-electron chi connectivity index (χ1n) is 6.95. The van der Waals surface area contributed by atoms with Crippen LogP contribution in [0.15, 0.2) is 18.2 Å². The fourth-order valence-electron chi connectivity index (χ4n) is 2.35. The average molecular weight is 322 g/mol. The lowest BCUT2D eigenvalue weighted by molar-refractivity contribution is 0.0696. The topological polar surface area (TPSA) is 53.4 Å². The van der Waals surface area contributed by atoms with Crippen molar-refractivity contribution < 1.29 is 14.3 Å². The third kappa shape index (κ3) is 3.51. The van der Waals surface area contributed by atoms with Gasteiger partial charge in [0, 0.05) is 23.0 Å². The van der Waals surface area contributed by atoms with Crippen LogP contribution in [0, 0.1) is 19.7 Å². The van der Waals surface area contributed by atoms with Gasteiger partial charge in [-0.05, 0) is 40.0 Å². The highest BCUT2D eigenvalue weighted by Gasteiger charge is 2.19. The standard InChI is InChI=1S/C16H19FN2O2S/c1-9-15(22-11(3)18-9)10(2)19(4)8-13-6-5-12(16(20)21)7-14(13)17/h5-7,10H,8H2,1-4H3,(H,20,21). The summed E-state index contributed by atoms with van der Waals surface area (Å²) in [4.78, 5) is 18.5. The molecule has 1 unspecified atom stereocenters. The van der Waals surface area contributed by atoms with Gasteiger partial charge in [-0.3, -0.25) is 4.90 Å². The molecular weight excluding hydrogens is 303 g/mol. The fraction of sp³-hybridized carbons (Fsp3) is 0.375. The number of carbonyl (C=O) groups is 1. The first kappa shape index (κ1) is 16.6. The van der Waals surface area contributed by atoms with Gasteiger partial charge < -0.3 is 5.11 Å². The Balaban J connectivity index is 2.16. The number of hydrogen-bond acceptors (Lipinski definition) is 4. The average Bonchev–Trinajstić information content (AvgIpc) is 2.78. The summed E-state index contributed by atoms with van der Waals surface area (Å²) in [6.45, 7) is 6.41. The van der Waals surface area contributed by atoms with Crippen molar-refractivity contribution in [3.8, 4) is 0 Å². The molecule has 0 fully saturated rings. The molecule has 0 aliphatic heterocycles. The Kier molecular flexibility index (Phi) is 4.93. The van der Waals surface area contributed by atoms with E-state index in [1.54, 1.807) is 11.3 Å². The number of carboxylic acid groups (broad SMARTS) is 1. The Morgan fingerprint density at radius 1 is 1.45 bits per heavy atom. The number of rotatable bonds is 5. The molecule has 1 aromatic heterocycles. The van der Waals surface area contributed by atoms with Gasteiger partial charge in [-0.15, -0.1) is 11.3 Å². The minimum atomic E-state index is -1.12. The maximum Gasteiger partial charge on any atom is 0.335 e. The number of aryl methyl sites for hydroxylation is 2. The van der Waals surface area contributed by atoms with Crippen LogP contribution in [0.2, 0.25) is 0 Å². The summed E-state index contributed by atoms with van der Waals surface area (Å²) >= 11 is 1.65. The van der Waals surface area contributed by atoms with Gasteiger partial charge in [0.25, 0.3) is 0 Å². The van der Waals surface area contributed by atoms with Crippen molar-refractivity contribution in [2.75, 3.05) is 7.05 Å². The van der Waals surface area contributed by atoms with E-state index in [0.717, 1.165) is 16.8 Å². The summed E-state index contributed by atoms with van der Waals surface area (Å²) in [5.74, 6) is -1.61. The molecular formula is C16H19FN2O2S. The Labute approximate surface area is 133 Å². The van der Waals surface area contributed by atoms with Crippen LogP contribution in [0.4, 0.5) is 4.39 Å². The molecule has 0 saturated carbocycles. The third-order valence-corrected chi connectivity index (χ3v) is 4.94. The van der Waals surface area contributed by atoms with Crippen LogP contribution in [-0.4, -0.2) is 28.0 Å². The van der Waals surface area contributed by atoms with Gasteiger partial charge in [0.05, 0.1) is 16.3 Å². The molecule has 2 aromatic rings. The molecule has 1 heterocycles. The molecule has 0 bridgehead atoms. The summed E-state index contributed by atoms with van der Waals surface area (Å²) in [5.41, 5.74) is 1.45. The number of halogens is 1. The van der Waals surface area contributed by atoms with Crippen LogP contribution >= 0.6 is 11.3 Å². The third-order valence-electron chi connectivity index (χ3n) is 3.70. The second-order valence-corrected chi connectivity index (χ2v) is 6.62. The van der Waals surface area contributed by atoms with Crippen molar-refractivity contribution in [3.05, 3.63) is 50.7 Å². The van der Waals surface area contributed by atoms with Crippen LogP contribution in [-0.2, 0) is 6.54 Å². The lowest BCUT2D eigenvalue weighted by Crippen LogP contribution is -2.22. The Bertz CT molecular complexity index is 699. The van der Waals surface area contributed by atoms with Crippen LogP contribution in [0.3, 0.4) is 0 Å². The smallest absolute Gasteiger partial charge is 0.335 e. The molecule has 22 heavy (non-hydrogen) atoms. The van der Waals surface area contributed by atoms with E-state index in [0.29, 0.717) is 12.1 Å². The summed E-state index contributed by atoms with van der Waals surface area (Å²) in [6.07, 6.45) is 0. The first-order valence-corrected chi connectivity index (χ1v) is 7.77. The highest BCUT2D eigenvalue weighted by atomic mass is 32.1. The van der Waals surface area contributed by atoms with E-state index in [9.17, 15) is 9.18 Å². The molecule has 2 rings (SSSR count). The molecule has 0 amide bonds. The van der Waals surface area contributed by atoms with Crippen molar-refractivity contribution in [1.29, 1.82) is 0 Å². The number of carboxylic acids is 1. The normalized spacial score (nSPS) is 12.6. The monoisotopic (exact) mass is 322 g/mol. The van der Waals surface area contributed by atoms with Gasteiger partial charge in [-0.25, -0.2) is 14.2 Å². The molecule has 0 spiro atoms. The second kappa shape index (κ2) is 6.54. The summed E-state index contributed by atoms with van der Waals surface area (Å²) < 4.78 is 14.0. The quantitative estimate of drug-likeness (QED) is 0.910. The molecule has 6 heteroatoms. The molecule has 1 atom stereocenters. The minimum Gasteiger partial charge on any atom is -0.478 e. The highest BCUT2D eigenvalue weighted by Crippen LogP contribution is 2.29. The number of aromatic nitrogens is 1. The maximum absolute atomic E-state index is 14.0. The van der Waals surface area contributed by atoms with Crippen molar-refractivity contribution in [2.24, 2.45) is 0 Å². The molecule has 0 radical (unpaired) electrons. The molecule has 0 saturated heterocycles. The largest absolute Gasteiger partial charge is 0.478 e. The predicted molar refractivity (Wildman–Crippen MR) is 84.8 cm³/mol. The Hall–Kier alpha value is -1.79. The zero-order chi connectivity index (χ0) is 16.4. The lowest BCUT2D eigenvalue weighted by atomic mass is 10.1. The maximum atomic E-state index is 14.0. The van der Waals surface area contributed by atoms with Crippen LogP contribution in [0.5, 0.6) is 0 Å². The Morgan fingerprint density at radius 3 is 2.64 bits per heavy atom. The van der Waals surface area contributed by atoms with Crippen LogP contribution in [0.1, 0.15) is 44.5 Å². The number of aromatic carboxylic acids is 1. The van der Waals surface area contributed by atoms with Crippen molar-refractivity contribution in [1.82, 2.24) is 9.88 Å². The summed E-state index contributed by atoms with van der Waals surface area (Å²) in [6, 6.07) is 4.15. The fourth-order valence-corrected chi connectivity index (χ4v) is 3.39. The molecule has 4 nitrogen and oxygen atoms in total. The van der Waals surface area contributed by atoms with E-state index >= 15 is 0 Å². The van der Waals surface area contributed by atoms with Gasteiger partial charge in [-0.2, -0.15) is 0 Å². The number of hydrogen-bond donors (Lipinski definition) is 1. The Morgan fingerprint density at radius 2 is 2.14 bits per heavy atom. The first-order chi connectivity index (χ1) is 10.3. The van der Waals surface area contributed by atoms with Crippen LogP contribution in [0.25, 0.3) is 0 Å². The van der Waals surface area contributed by atoms with E-state index in [1.807, 2.05) is 25.8 Å². The predicted octanol–water partition coefficient (Wildman–Crippen LogP) is 3.79. The van der Waals surface area contributed by atoms with Crippen molar-refractivity contribution >= 4 is 17.3 Å². The highest BCUT2D eigenvalue weighted by molar-refractivity contribution is 7.11. The van der Waals surface area contributed by atoms with E-state index in [1.165, 1.54) is 17.0 Å². The molecule has 0 aliphatic carbocycles. The molecule has 0 aliphatic rings. The SMILES string of the molecule is Cc1nc(C)c(C(C)N(C)Cc2ccc(C(=O)O)cc2F)s1. The number of benzene rings is 1. The van der Waals surface area contributed by atoms with Gasteiger partial charge in [0.15, 0.2) is 0 Å². The van der Waals surface area contributed by atoms with Crippen molar-refractivity contribution in [3.63, 3.8) is 0 Å².